The van der Waals surface area contributed by atoms with Gasteiger partial charge in [-0.1, -0.05) is 0 Å². The van der Waals surface area contributed by atoms with Gasteiger partial charge in [0.05, 0.1) is 4.90 Å². The van der Waals surface area contributed by atoms with Crippen LogP contribution < -0.4 is 20.1 Å². The summed E-state index contributed by atoms with van der Waals surface area (Å²) >= 11 is 0. The Hall–Kier alpha value is -3.11. The summed E-state index contributed by atoms with van der Waals surface area (Å²) < 4.78 is 38.5. The molecule has 164 valence electrons. The molecule has 0 radical (unpaired) electrons. The normalized spacial score (nSPS) is 18.4. The van der Waals surface area contributed by atoms with Crippen molar-refractivity contribution in [2.24, 2.45) is 0 Å². The Morgan fingerprint density at radius 2 is 1.65 bits per heavy atom. The Kier molecular flexibility index (Phi) is 5.84. The van der Waals surface area contributed by atoms with Gasteiger partial charge in [-0.05, 0) is 49.2 Å². The van der Waals surface area contributed by atoms with E-state index in [1.165, 1.54) is 35.5 Å². The lowest BCUT2D eigenvalue weighted by atomic mass is 10.2. The number of nitrogens with zero attached hydrogens (tertiary/aromatic N) is 1. The van der Waals surface area contributed by atoms with Crippen molar-refractivity contribution < 1.29 is 27.5 Å². The van der Waals surface area contributed by atoms with Crippen LogP contribution in [0.1, 0.15) is 19.8 Å². The first-order chi connectivity index (χ1) is 14.8. The van der Waals surface area contributed by atoms with Crippen LogP contribution in [0.15, 0.2) is 47.4 Å². The standard InChI is InChI=1S/C21H23N3O6S/c1-14(25)22-15-4-7-17(8-5-15)31(27,28)24-10-2-3-18(24)21(26)23-16-6-9-19-20(13-16)30-12-11-29-19/h4-9,13,18H,2-3,10-12H2,1H3,(H,22,25)(H,23,26)/t18-/m0/s1. The second-order valence-corrected chi connectivity index (χ2v) is 9.22. The van der Waals surface area contributed by atoms with Gasteiger partial charge in [-0.15, -0.1) is 0 Å². The van der Waals surface area contributed by atoms with Gasteiger partial charge in [0.25, 0.3) is 0 Å². The first kappa shape index (κ1) is 21.1. The van der Waals surface area contributed by atoms with Gasteiger partial charge in [-0.2, -0.15) is 4.31 Å². The van der Waals surface area contributed by atoms with Crippen LogP contribution in [0.3, 0.4) is 0 Å². The molecule has 2 aromatic carbocycles. The van der Waals surface area contributed by atoms with Gasteiger partial charge in [-0.25, -0.2) is 8.42 Å². The van der Waals surface area contributed by atoms with Crippen LogP contribution in [0.4, 0.5) is 11.4 Å². The molecule has 0 saturated carbocycles. The zero-order valence-electron chi connectivity index (χ0n) is 17.0. The van der Waals surface area contributed by atoms with Gasteiger partial charge < -0.3 is 20.1 Å². The summed E-state index contributed by atoms with van der Waals surface area (Å²) in [5.74, 6) is 0.509. The zero-order chi connectivity index (χ0) is 22.0. The summed E-state index contributed by atoms with van der Waals surface area (Å²) in [7, 11) is -3.87. The SMILES string of the molecule is CC(=O)Nc1ccc(S(=O)(=O)N2CCC[C@H]2C(=O)Nc2ccc3c(c2)OCCO3)cc1. The molecule has 0 bridgehead atoms. The van der Waals surface area contributed by atoms with Crippen molar-refractivity contribution in [3.8, 4) is 11.5 Å². The number of fused-ring (bicyclic) bond motifs is 1. The smallest absolute Gasteiger partial charge is 0.243 e. The molecule has 10 heteroatoms. The van der Waals surface area contributed by atoms with E-state index in [1.54, 1.807) is 18.2 Å². The Labute approximate surface area is 180 Å². The molecule has 0 aromatic heterocycles. The topological polar surface area (TPSA) is 114 Å². The number of benzene rings is 2. The van der Waals surface area contributed by atoms with Crippen molar-refractivity contribution in [2.45, 2.75) is 30.7 Å². The molecule has 2 amide bonds. The number of rotatable bonds is 5. The maximum Gasteiger partial charge on any atom is 0.243 e. The van der Waals surface area contributed by atoms with Crippen LogP contribution in [0.2, 0.25) is 0 Å². The molecule has 4 rings (SSSR count). The number of nitrogens with one attached hydrogen (secondary N) is 2. The first-order valence-electron chi connectivity index (χ1n) is 9.94. The Bertz CT molecular complexity index is 1100. The fourth-order valence-corrected chi connectivity index (χ4v) is 5.34. The molecule has 2 aliphatic rings. The maximum absolute atomic E-state index is 13.1. The highest BCUT2D eigenvalue weighted by Gasteiger charge is 2.39. The largest absolute Gasteiger partial charge is 0.486 e. The monoisotopic (exact) mass is 445 g/mol. The molecule has 1 fully saturated rings. The number of hydrogen-bond donors (Lipinski definition) is 2. The Balaban J connectivity index is 1.50. The predicted molar refractivity (Wildman–Crippen MR) is 114 cm³/mol. The highest BCUT2D eigenvalue weighted by molar-refractivity contribution is 7.89. The van der Waals surface area contributed by atoms with E-state index >= 15 is 0 Å². The van der Waals surface area contributed by atoms with Gasteiger partial charge in [0.1, 0.15) is 19.3 Å². The third kappa shape index (κ3) is 4.49. The summed E-state index contributed by atoms with van der Waals surface area (Å²) in [5.41, 5.74) is 1.01. The van der Waals surface area contributed by atoms with Crippen molar-refractivity contribution >= 4 is 33.2 Å². The van der Waals surface area contributed by atoms with E-state index in [2.05, 4.69) is 10.6 Å². The lowest BCUT2D eigenvalue weighted by molar-refractivity contribution is -0.119. The summed E-state index contributed by atoms with van der Waals surface area (Å²) in [6, 6.07) is 10.2. The van der Waals surface area contributed by atoms with Gasteiger partial charge in [0.15, 0.2) is 11.5 Å². The zero-order valence-corrected chi connectivity index (χ0v) is 17.8. The van der Waals surface area contributed by atoms with Crippen LogP contribution in [-0.2, 0) is 19.6 Å². The van der Waals surface area contributed by atoms with Crippen LogP contribution in [0.25, 0.3) is 0 Å². The fraction of sp³-hybridized carbons (Fsp3) is 0.333. The molecule has 0 spiro atoms. The molecular formula is C21H23N3O6S. The van der Waals surface area contributed by atoms with E-state index < -0.39 is 22.0 Å². The summed E-state index contributed by atoms with van der Waals surface area (Å²) in [5, 5.41) is 5.39. The molecule has 0 aliphatic carbocycles. The number of anilines is 2. The molecule has 2 aromatic rings. The molecule has 31 heavy (non-hydrogen) atoms. The third-order valence-corrected chi connectivity index (χ3v) is 7.02. The molecular weight excluding hydrogens is 422 g/mol. The quantitative estimate of drug-likeness (QED) is 0.729. The van der Waals surface area contributed by atoms with Crippen molar-refractivity contribution in [2.75, 3.05) is 30.4 Å². The molecule has 1 atom stereocenters. The van der Waals surface area contributed by atoms with E-state index in [-0.39, 0.29) is 17.3 Å². The first-order valence-corrected chi connectivity index (χ1v) is 11.4. The Morgan fingerprint density at radius 3 is 2.35 bits per heavy atom. The van der Waals surface area contributed by atoms with E-state index in [1.807, 2.05) is 0 Å². The molecule has 0 unspecified atom stereocenters. The molecule has 2 heterocycles. The highest BCUT2D eigenvalue weighted by atomic mass is 32.2. The molecule has 2 N–H and O–H groups in total. The number of carbonyl (C=O) groups is 2. The highest BCUT2D eigenvalue weighted by Crippen LogP contribution is 2.33. The van der Waals surface area contributed by atoms with Crippen molar-refractivity contribution in [1.29, 1.82) is 0 Å². The van der Waals surface area contributed by atoms with E-state index in [0.717, 1.165) is 0 Å². The molecule has 9 nitrogen and oxygen atoms in total. The third-order valence-electron chi connectivity index (χ3n) is 5.10. The minimum absolute atomic E-state index is 0.0700. The lowest BCUT2D eigenvalue weighted by Crippen LogP contribution is -2.43. The Morgan fingerprint density at radius 1 is 0.968 bits per heavy atom. The van der Waals surface area contributed by atoms with Crippen LogP contribution >= 0.6 is 0 Å². The van der Waals surface area contributed by atoms with Crippen LogP contribution in [0.5, 0.6) is 11.5 Å². The van der Waals surface area contributed by atoms with Gasteiger partial charge in [0.2, 0.25) is 21.8 Å². The number of sulfonamides is 1. The number of amides is 2. The minimum atomic E-state index is -3.87. The van der Waals surface area contributed by atoms with Crippen molar-refractivity contribution in [1.82, 2.24) is 4.31 Å². The predicted octanol–water partition coefficient (Wildman–Crippen LogP) is 2.21. The number of hydrogen-bond acceptors (Lipinski definition) is 6. The number of carbonyl (C=O) groups excluding carboxylic acids is 2. The van der Waals surface area contributed by atoms with E-state index in [4.69, 9.17) is 9.47 Å². The van der Waals surface area contributed by atoms with Crippen LogP contribution in [0, 0.1) is 0 Å². The van der Waals surface area contributed by atoms with E-state index in [9.17, 15) is 18.0 Å². The van der Waals surface area contributed by atoms with Gasteiger partial charge in [0, 0.05) is 30.9 Å². The summed E-state index contributed by atoms with van der Waals surface area (Å²) in [6.45, 7) is 2.54. The molecule has 1 saturated heterocycles. The minimum Gasteiger partial charge on any atom is -0.486 e. The average Bonchev–Trinajstić information content (AvgIpc) is 3.25. The maximum atomic E-state index is 13.1. The van der Waals surface area contributed by atoms with Crippen molar-refractivity contribution in [3.63, 3.8) is 0 Å². The van der Waals surface area contributed by atoms with Crippen LogP contribution in [-0.4, -0.2) is 50.3 Å². The summed E-state index contributed by atoms with van der Waals surface area (Å²) in [4.78, 5) is 24.1. The van der Waals surface area contributed by atoms with Gasteiger partial charge in [-0.3, -0.25) is 9.59 Å². The lowest BCUT2D eigenvalue weighted by Gasteiger charge is -2.24. The van der Waals surface area contributed by atoms with Gasteiger partial charge >= 0.3 is 0 Å². The average molecular weight is 445 g/mol. The van der Waals surface area contributed by atoms with Crippen molar-refractivity contribution in [3.05, 3.63) is 42.5 Å². The van der Waals surface area contributed by atoms with E-state index in [0.29, 0.717) is 48.9 Å². The number of ether oxygens (including phenoxy) is 2. The second kappa shape index (κ2) is 8.56. The summed E-state index contributed by atoms with van der Waals surface area (Å²) in [6.07, 6.45) is 1.02. The fourth-order valence-electron chi connectivity index (χ4n) is 3.69. The molecule has 2 aliphatic heterocycles. The second-order valence-electron chi connectivity index (χ2n) is 7.33.